The monoisotopic (exact) mass is 159 g/mol. The third-order valence-electron chi connectivity index (χ3n) is 1.05. The van der Waals surface area contributed by atoms with Gasteiger partial charge < -0.3 is 5.32 Å². The van der Waals surface area contributed by atoms with Crippen LogP contribution in [0.15, 0.2) is 23.8 Å². The second-order valence-corrected chi connectivity index (χ2v) is 2.94. The molecule has 10 heavy (non-hydrogen) atoms. The molecule has 0 aromatic carbocycles. The molecule has 0 atom stereocenters. The third-order valence-corrected chi connectivity index (χ3v) is 1.18. The Labute approximate surface area is 67.8 Å². The van der Waals surface area contributed by atoms with Crippen LogP contribution in [0.25, 0.3) is 0 Å². The summed E-state index contributed by atoms with van der Waals surface area (Å²) in [6.45, 7) is 11.0. The van der Waals surface area contributed by atoms with E-state index in [9.17, 15) is 0 Å². The number of rotatable bonds is 5. The molecule has 2 heteroatoms. The van der Waals surface area contributed by atoms with Gasteiger partial charge in [0.25, 0.3) is 0 Å². The Hall–Kier alpha value is -0.270. The molecule has 0 unspecified atom stereocenters. The fraction of sp³-hybridized carbons (Fsp3) is 0.500. The molecule has 0 heterocycles. The van der Waals surface area contributed by atoms with Crippen LogP contribution in [0.5, 0.6) is 0 Å². The third kappa shape index (κ3) is 7.73. The Balaban J connectivity index is 3.06. The zero-order valence-electron chi connectivity index (χ0n) is 6.41. The first kappa shape index (κ1) is 9.73. The van der Waals surface area contributed by atoms with Crippen LogP contribution in [0.1, 0.15) is 13.3 Å². The van der Waals surface area contributed by atoms with Crippen molar-refractivity contribution in [2.75, 3.05) is 13.1 Å². The van der Waals surface area contributed by atoms with Crippen molar-refractivity contribution in [3.8, 4) is 0 Å². The van der Waals surface area contributed by atoms with Gasteiger partial charge in [0, 0.05) is 11.6 Å². The Morgan fingerprint density at radius 2 is 2.10 bits per heavy atom. The van der Waals surface area contributed by atoms with Crippen molar-refractivity contribution in [3.63, 3.8) is 0 Å². The van der Waals surface area contributed by atoms with Gasteiger partial charge in [-0.3, -0.25) is 0 Å². The second kappa shape index (κ2) is 5.51. The summed E-state index contributed by atoms with van der Waals surface area (Å²) >= 11 is 5.51. The van der Waals surface area contributed by atoms with Gasteiger partial charge in [0.15, 0.2) is 0 Å². The average molecular weight is 160 g/mol. The van der Waals surface area contributed by atoms with Gasteiger partial charge >= 0.3 is 0 Å². The normalized spacial score (nSPS) is 9.40. The van der Waals surface area contributed by atoms with Crippen molar-refractivity contribution in [1.82, 2.24) is 5.32 Å². The summed E-state index contributed by atoms with van der Waals surface area (Å²) < 4.78 is 0. The van der Waals surface area contributed by atoms with Crippen LogP contribution in [0.4, 0.5) is 0 Å². The maximum absolute atomic E-state index is 5.51. The smallest absolute Gasteiger partial charge is 0.0307 e. The van der Waals surface area contributed by atoms with E-state index in [1.807, 2.05) is 6.92 Å². The van der Waals surface area contributed by atoms with Crippen molar-refractivity contribution in [2.24, 2.45) is 0 Å². The van der Waals surface area contributed by atoms with Crippen molar-refractivity contribution in [3.05, 3.63) is 23.8 Å². The van der Waals surface area contributed by atoms with Gasteiger partial charge in [-0.15, -0.1) is 6.58 Å². The van der Waals surface area contributed by atoms with Gasteiger partial charge in [-0.2, -0.15) is 0 Å². The number of halogens is 1. The molecule has 0 fully saturated rings. The van der Waals surface area contributed by atoms with Crippen LogP contribution in [-0.4, -0.2) is 13.1 Å². The van der Waals surface area contributed by atoms with Gasteiger partial charge in [-0.25, -0.2) is 0 Å². The minimum atomic E-state index is 0.654. The first-order valence-corrected chi connectivity index (χ1v) is 3.69. The molecule has 0 saturated heterocycles. The Bertz CT molecular complexity index is 113. The van der Waals surface area contributed by atoms with Crippen LogP contribution in [0, 0.1) is 0 Å². The molecular weight excluding hydrogens is 146 g/mol. The van der Waals surface area contributed by atoms with Gasteiger partial charge in [0.05, 0.1) is 0 Å². The summed E-state index contributed by atoms with van der Waals surface area (Å²) in [5.41, 5.74) is 1.19. The fourth-order valence-electron chi connectivity index (χ4n) is 0.526. The number of nitrogens with one attached hydrogen (secondary N) is 1. The van der Waals surface area contributed by atoms with E-state index in [4.69, 9.17) is 11.6 Å². The minimum absolute atomic E-state index is 0.654. The van der Waals surface area contributed by atoms with Gasteiger partial charge in [0.2, 0.25) is 0 Å². The quantitative estimate of drug-likeness (QED) is 0.480. The van der Waals surface area contributed by atoms with Crippen LogP contribution in [-0.2, 0) is 0 Å². The highest BCUT2D eigenvalue weighted by molar-refractivity contribution is 6.29. The maximum Gasteiger partial charge on any atom is 0.0307 e. The lowest BCUT2D eigenvalue weighted by atomic mass is 10.2. The molecule has 0 amide bonds. The molecule has 1 nitrogen and oxygen atoms in total. The SMILES string of the molecule is C=C(C)CCNCC(=C)Cl. The van der Waals surface area contributed by atoms with Crippen molar-refractivity contribution >= 4 is 11.6 Å². The molecule has 0 aromatic rings. The molecule has 0 aliphatic heterocycles. The summed E-state index contributed by atoms with van der Waals surface area (Å²) in [4.78, 5) is 0. The molecular formula is C8H14ClN. The molecule has 0 aliphatic carbocycles. The summed E-state index contributed by atoms with van der Waals surface area (Å²) in [6.07, 6.45) is 1.00. The molecule has 0 radical (unpaired) electrons. The van der Waals surface area contributed by atoms with Crippen LogP contribution < -0.4 is 5.32 Å². The molecule has 0 spiro atoms. The number of hydrogen-bond acceptors (Lipinski definition) is 1. The van der Waals surface area contributed by atoms with Gasteiger partial charge in [-0.05, 0) is 19.9 Å². The van der Waals surface area contributed by atoms with E-state index in [0.717, 1.165) is 13.0 Å². The van der Waals surface area contributed by atoms with Gasteiger partial charge in [-0.1, -0.05) is 23.8 Å². The summed E-state index contributed by atoms with van der Waals surface area (Å²) in [5, 5.41) is 3.78. The van der Waals surface area contributed by atoms with E-state index in [1.165, 1.54) is 5.57 Å². The van der Waals surface area contributed by atoms with E-state index < -0.39 is 0 Å². The Morgan fingerprint density at radius 1 is 1.50 bits per heavy atom. The minimum Gasteiger partial charge on any atom is -0.311 e. The zero-order chi connectivity index (χ0) is 7.98. The largest absolute Gasteiger partial charge is 0.311 e. The highest BCUT2D eigenvalue weighted by Gasteiger charge is 1.88. The summed E-state index contributed by atoms with van der Waals surface area (Å²) in [6, 6.07) is 0. The predicted octanol–water partition coefficient (Wildman–Crippen LogP) is 2.29. The fourth-order valence-corrected chi connectivity index (χ4v) is 0.620. The van der Waals surface area contributed by atoms with Gasteiger partial charge in [0.1, 0.15) is 0 Å². The number of hydrogen-bond donors (Lipinski definition) is 1. The maximum atomic E-state index is 5.51. The van der Waals surface area contributed by atoms with Crippen molar-refractivity contribution in [2.45, 2.75) is 13.3 Å². The van der Waals surface area contributed by atoms with E-state index in [0.29, 0.717) is 11.6 Å². The van der Waals surface area contributed by atoms with E-state index in [-0.39, 0.29) is 0 Å². The van der Waals surface area contributed by atoms with E-state index in [2.05, 4.69) is 18.5 Å². The van der Waals surface area contributed by atoms with Crippen LogP contribution in [0.2, 0.25) is 0 Å². The highest BCUT2D eigenvalue weighted by Crippen LogP contribution is 1.95. The van der Waals surface area contributed by atoms with Crippen LogP contribution in [0.3, 0.4) is 0 Å². The zero-order valence-corrected chi connectivity index (χ0v) is 7.17. The standard InChI is InChI=1S/C8H14ClN/c1-7(2)4-5-10-6-8(3)9/h10H,1,3-6H2,2H3. The van der Waals surface area contributed by atoms with E-state index >= 15 is 0 Å². The first-order chi connectivity index (χ1) is 4.63. The molecule has 0 bridgehead atoms. The molecule has 0 aromatic heterocycles. The molecule has 0 aliphatic rings. The lowest BCUT2D eigenvalue weighted by Gasteiger charge is -2.01. The van der Waals surface area contributed by atoms with Crippen LogP contribution >= 0.6 is 11.6 Å². The van der Waals surface area contributed by atoms with Crippen molar-refractivity contribution < 1.29 is 0 Å². The Kier molecular flexibility index (Phi) is 5.36. The summed E-state index contributed by atoms with van der Waals surface area (Å²) in [5.74, 6) is 0. The second-order valence-electron chi connectivity index (χ2n) is 2.40. The van der Waals surface area contributed by atoms with Crippen molar-refractivity contribution in [1.29, 1.82) is 0 Å². The average Bonchev–Trinajstić information content (AvgIpc) is 1.79. The Morgan fingerprint density at radius 3 is 2.50 bits per heavy atom. The van der Waals surface area contributed by atoms with E-state index in [1.54, 1.807) is 0 Å². The predicted molar refractivity (Wildman–Crippen MR) is 47.3 cm³/mol. The molecule has 1 N–H and O–H groups in total. The topological polar surface area (TPSA) is 12.0 Å². The first-order valence-electron chi connectivity index (χ1n) is 3.31. The highest BCUT2D eigenvalue weighted by atomic mass is 35.5. The lowest BCUT2D eigenvalue weighted by molar-refractivity contribution is 0.737. The summed E-state index contributed by atoms with van der Waals surface area (Å²) in [7, 11) is 0. The molecule has 58 valence electrons. The molecule has 0 saturated carbocycles. The molecule has 0 rings (SSSR count). The lowest BCUT2D eigenvalue weighted by Crippen LogP contribution is -2.16.